The standard InChI is InChI=1S/C16H16Cl2FNO/c1-2-7-21-16-6-4-13(18)9-15(16)20-10-11-8-12(17)3-5-14(11)19/h3-6,8-9,20H,2,7,10H2,1H3. The van der Waals surface area contributed by atoms with E-state index in [4.69, 9.17) is 27.9 Å². The van der Waals surface area contributed by atoms with Gasteiger partial charge < -0.3 is 10.1 Å². The average molecular weight is 328 g/mol. The van der Waals surface area contributed by atoms with E-state index in [-0.39, 0.29) is 5.82 Å². The smallest absolute Gasteiger partial charge is 0.142 e. The molecule has 0 aromatic heterocycles. The molecule has 0 atom stereocenters. The van der Waals surface area contributed by atoms with Crippen LogP contribution >= 0.6 is 23.2 Å². The normalized spacial score (nSPS) is 10.5. The van der Waals surface area contributed by atoms with Crippen molar-refractivity contribution >= 4 is 28.9 Å². The Kier molecular flexibility index (Phi) is 5.71. The highest BCUT2D eigenvalue weighted by molar-refractivity contribution is 6.31. The molecular weight excluding hydrogens is 312 g/mol. The number of benzene rings is 2. The molecule has 0 radical (unpaired) electrons. The molecule has 1 N–H and O–H groups in total. The third-order valence-corrected chi connectivity index (χ3v) is 3.35. The van der Waals surface area contributed by atoms with Crippen LogP contribution in [0.1, 0.15) is 18.9 Å². The van der Waals surface area contributed by atoms with Crippen molar-refractivity contribution in [3.05, 3.63) is 57.8 Å². The molecule has 0 fully saturated rings. The maximum absolute atomic E-state index is 13.7. The molecule has 0 saturated carbocycles. The van der Waals surface area contributed by atoms with Gasteiger partial charge in [-0.3, -0.25) is 0 Å². The van der Waals surface area contributed by atoms with Crippen LogP contribution in [0, 0.1) is 5.82 Å². The molecule has 21 heavy (non-hydrogen) atoms. The van der Waals surface area contributed by atoms with E-state index in [0.717, 1.165) is 12.1 Å². The Balaban J connectivity index is 2.14. The zero-order valence-corrected chi connectivity index (χ0v) is 13.1. The molecule has 2 aromatic carbocycles. The molecule has 2 aromatic rings. The van der Waals surface area contributed by atoms with Gasteiger partial charge in [-0.2, -0.15) is 0 Å². The highest BCUT2D eigenvalue weighted by atomic mass is 35.5. The number of halogens is 3. The first-order chi connectivity index (χ1) is 10.1. The van der Waals surface area contributed by atoms with Crippen molar-refractivity contribution in [3.63, 3.8) is 0 Å². The van der Waals surface area contributed by atoms with Crippen LogP contribution in [-0.2, 0) is 6.54 Å². The Labute approximate surface area is 133 Å². The maximum atomic E-state index is 13.7. The molecule has 0 aliphatic carbocycles. The summed E-state index contributed by atoms with van der Waals surface area (Å²) in [5.74, 6) is 0.397. The van der Waals surface area contributed by atoms with E-state index in [0.29, 0.717) is 34.5 Å². The van der Waals surface area contributed by atoms with E-state index in [2.05, 4.69) is 5.32 Å². The minimum Gasteiger partial charge on any atom is -0.491 e. The van der Waals surface area contributed by atoms with Crippen molar-refractivity contribution in [1.82, 2.24) is 0 Å². The minimum atomic E-state index is -0.301. The summed E-state index contributed by atoms with van der Waals surface area (Å²) in [6.45, 7) is 2.95. The van der Waals surface area contributed by atoms with Gasteiger partial charge in [0.25, 0.3) is 0 Å². The molecule has 0 unspecified atom stereocenters. The summed E-state index contributed by atoms with van der Waals surface area (Å²) in [6, 6.07) is 9.80. The van der Waals surface area contributed by atoms with Crippen molar-refractivity contribution < 1.29 is 9.13 Å². The second-order valence-electron chi connectivity index (χ2n) is 4.58. The van der Waals surface area contributed by atoms with Gasteiger partial charge in [0.2, 0.25) is 0 Å². The fourth-order valence-electron chi connectivity index (χ4n) is 1.85. The topological polar surface area (TPSA) is 21.3 Å². The van der Waals surface area contributed by atoms with Gasteiger partial charge >= 0.3 is 0 Å². The van der Waals surface area contributed by atoms with Gasteiger partial charge in [-0.15, -0.1) is 0 Å². The van der Waals surface area contributed by atoms with Crippen LogP contribution in [0.5, 0.6) is 5.75 Å². The van der Waals surface area contributed by atoms with E-state index in [1.807, 2.05) is 6.92 Å². The minimum absolute atomic E-state index is 0.301. The van der Waals surface area contributed by atoms with E-state index in [9.17, 15) is 4.39 Å². The van der Waals surface area contributed by atoms with Crippen molar-refractivity contribution in [3.8, 4) is 5.75 Å². The predicted octanol–water partition coefficient (Wildman–Crippen LogP) is 5.53. The van der Waals surface area contributed by atoms with Gasteiger partial charge in [-0.05, 0) is 42.8 Å². The number of hydrogen-bond donors (Lipinski definition) is 1. The Morgan fingerprint density at radius 2 is 1.81 bits per heavy atom. The van der Waals surface area contributed by atoms with E-state index in [1.165, 1.54) is 12.1 Å². The lowest BCUT2D eigenvalue weighted by Gasteiger charge is -2.14. The largest absolute Gasteiger partial charge is 0.491 e. The van der Waals surface area contributed by atoms with Crippen molar-refractivity contribution in [1.29, 1.82) is 0 Å². The molecule has 0 aliphatic heterocycles. The Bertz CT molecular complexity index is 619. The summed E-state index contributed by atoms with van der Waals surface area (Å²) in [6.07, 6.45) is 0.908. The number of ether oxygens (including phenoxy) is 1. The van der Waals surface area contributed by atoms with Gasteiger partial charge in [-0.1, -0.05) is 30.1 Å². The van der Waals surface area contributed by atoms with Crippen LogP contribution < -0.4 is 10.1 Å². The molecule has 0 aliphatic rings. The number of nitrogens with one attached hydrogen (secondary N) is 1. The molecule has 2 nitrogen and oxygen atoms in total. The summed E-state index contributed by atoms with van der Waals surface area (Å²) in [5, 5.41) is 4.23. The Hall–Kier alpha value is -1.45. The van der Waals surface area contributed by atoms with Crippen LogP contribution in [-0.4, -0.2) is 6.61 Å². The zero-order chi connectivity index (χ0) is 15.2. The van der Waals surface area contributed by atoms with Gasteiger partial charge in [0.1, 0.15) is 11.6 Å². The van der Waals surface area contributed by atoms with Crippen LogP contribution in [0.4, 0.5) is 10.1 Å². The first kappa shape index (κ1) is 15.9. The molecular formula is C16H16Cl2FNO. The van der Waals surface area contributed by atoms with Crippen LogP contribution in [0.15, 0.2) is 36.4 Å². The predicted molar refractivity (Wildman–Crippen MR) is 86.0 cm³/mol. The third kappa shape index (κ3) is 4.51. The molecule has 0 heterocycles. The summed E-state index contributed by atoms with van der Waals surface area (Å²) in [7, 11) is 0. The first-order valence-corrected chi connectivity index (χ1v) is 7.46. The monoisotopic (exact) mass is 327 g/mol. The van der Waals surface area contributed by atoms with Crippen LogP contribution in [0.25, 0.3) is 0 Å². The van der Waals surface area contributed by atoms with Gasteiger partial charge in [0.15, 0.2) is 0 Å². The second kappa shape index (κ2) is 7.53. The molecule has 0 amide bonds. The lowest BCUT2D eigenvalue weighted by Crippen LogP contribution is -2.05. The number of anilines is 1. The second-order valence-corrected chi connectivity index (χ2v) is 5.45. The highest BCUT2D eigenvalue weighted by Crippen LogP contribution is 2.29. The Morgan fingerprint density at radius 3 is 2.57 bits per heavy atom. The molecule has 112 valence electrons. The van der Waals surface area contributed by atoms with Crippen molar-refractivity contribution in [2.75, 3.05) is 11.9 Å². The molecule has 5 heteroatoms. The lowest BCUT2D eigenvalue weighted by molar-refractivity contribution is 0.319. The van der Waals surface area contributed by atoms with Crippen molar-refractivity contribution in [2.24, 2.45) is 0 Å². The SMILES string of the molecule is CCCOc1ccc(Cl)cc1NCc1cc(Cl)ccc1F. The number of rotatable bonds is 6. The summed E-state index contributed by atoms with van der Waals surface area (Å²) in [4.78, 5) is 0. The quantitative estimate of drug-likeness (QED) is 0.752. The van der Waals surface area contributed by atoms with E-state index in [1.54, 1.807) is 24.3 Å². The van der Waals surface area contributed by atoms with Gasteiger partial charge in [0, 0.05) is 22.2 Å². The first-order valence-electron chi connectivity index (χ1n) is 6.70. The van der Waals surface area contributed by atoms with Gasteiger partial charge in [-0.25, -0.2) is 4.39 Å². The van der Waals surface area contributed by atoms with Crippen LogP contribution in [0.2, 0.25) is 10.0 Å². The number of hydrogen-bond acceptors (Lipinski definition) is 2. The van der Waals surface area contributed by atoms with Crippen molar-refractivity contribution in [2.45, 2.75) is 19.9 Å². The molecule has 0 saturated heterocycles. The van der Waals surface area contributed by atoms with E-state index < -0.39 is 0 Å². The fourth-order valence-corrected chi connectivity index (χ4v) is 2.21. The fraction of sp³-hybridized carbons (Fsp3) is 0.250. The molecule has 0 spiro atoms. The highest BCUT2D eigenvalue weighted by Gasteiger charge is 2.07. The summed E-state index contributed by atoms with van der Waals surface area (Å²) < 4.78 is 19.3. The Morgan fingerprint density at radius 1 is 1.10 bits per heavy atom. The summed E-state index contributed by atoms with van der Waals surface area (Å²) >= 11 is 11.9. The van der Waals surface area contributed by atoms with Crippen LogP contribution in [0.3, 0.4) is 0 Å². The summed E-state index contributed by atoms with van der Waals surface area (Å²) in [5.41, 5.74) is 1.22. The third-order valence-electron chi connectivity index (χ3n) is 2.88. The maximum Gasteiger partial charge on any atom is 0.142 e. The lowest BCUT2D eigenvalue weighted by atomic mass is 10.2. The average Bonchev–Trinajstić information content (AvgIpc) is 2.47. The molecule has 2 rings (SSSR count). The van der Waals surface area contributed by atoms with Gasteiger partial charge in [0.05, 0.1) is 12.3 Å². The zero-order valence-electron chi connectivity index (χ0n) is 11.6. The molecule has 0 bridgehead atoms. The van der Waals surface area contributed by atoms with E-state index >= 15 is 0 Å².